The molecule has 1 fully saturated rings. The van der Waals surface area contributed by atoms with Crippen molar-refractivity contribution in [3.8, 4) is 11.4 Å². The van der Waals surface area contributed by atoms with E-state index in [4.69, 9.17) is 0 Å². The monoisotopic (exact) mass is 306 g/mol. The number of aldehydes is 1. The number of rotatable bonds is 3. The average Bonchev–Trinajstić information content (AvgIpc) is 3.02. The van der Waals surface area contributed by atoms with Crippen LogP contribution >= 0.6 is 0 Å². The molecule has 1 saturated heterocycles. The molecular weight excluding hydrogens is 292 g/mol. The molecule has 2 aromatic heterocycles. The van der Waals surface area contributed by atoms with E-state index in [1.807, 2.05) is 6.92 Å². The lowest BCUT2D eigenvalue weighted by atomic mass is 10.0. The molecule has 1 aliphatic heterocycles. The third kappa shape index (κ3) is 2.46. The van der Waals surface area contributed by atoms with E-state index in [-0.39, 0.29) is 11.5 Å². The molecule has 0 saturated carbocycles. The third-order valence-electron chi connectivity index (χ3n) is 3.71. The van der Waals surface area contributed by atoms with Gasteiger partial charge < -0.3 is 0 Å². The number of nitrogens with zero attached hydrogens (tertiary/aromatic N) is 4. The predicted octanol–water partition coefficient (Wildman–Crippen LogP) is 0.686. The minimum absolute atomic E-state index is 0.0277. The molecule has 21 heavy (non-hydrogen) atoms. The number of carbonyl (C=O) groups excluding carboxylic acids is 1. The first-order chi connectivity index (χ1) is 9.93. The van der Waals surface area contributed by atoms with Crippen molar-refractivity contribution in [1.29, 1.82) is 0 Å². The molecule has 2 aromatic rings. The molecule has 0 bridgehead atoms. The first-order valence-corrected chi connectivity index (χ1v) is 8.28. The number of hydrogen-bond donors (Lipinski definition) is 0. The van der Waals surface area contributed by atoms with Gasteiger partial charge in [0, 0.05) is 18.6 Å². The maximum atomic E-state index is 11.7. The van der Waals surface area contributed by atoms with Gasteiger partial charge in [-0.3, -0.25) is 19.4 Å². The van der Waals surface area contributed by atoms with Gasteiger partial charge in [0.25, 0.3) is 0 Å². The second-order valence-electron chi connectivity index (χ2n) is 5.43. The van der Waals surface area contributed by atoms with Crippen molar-refractivity contribution in [3.63, 3.8) is 0 Å². The zero-order valence-electron chi connectivity index (χ0n) is 11.4. The molecule has 1 unspecified atom stereocenters. The van der Waals surface area contributed by atoms with Gasteiger partial charge in [-0.2, -0.15) is 5.10 Å². The van der Waals surface area contributed by atoms with Gasteiger partial charge in [0.2, 0.25) is 0 Å². The smallest absolute Gasteiger partial charge is 0.153 e. The highest BCUT2D eigenvalue weighted by molar-refractivity contribution is 7.91. The SMILES string of the molecule is CC1(n2cc(C=O)c(-c3cnccn3)n2)CCS(=O)(=O)C1. The normalized spacial score (nSPS) is 24.0. The molecule has 110 valence electrons. The standard InChI is InChI=1S/C13H14N4O3S/c1-13(2-5-21(19,20)9-13)17-7-10(8-18)12(16-17)11-6-14-3-4-15-11/h3-4,6-8H,2,5,9H2,1H3. The predicted molar refractivity (Wildman–Crippen MR) is 75.6 cm³/mol. The van der Waals surface area contributed by atoms with Crippen LogP contribution in [0, 0.1) is 0 Å². The summed E-state index contributed by atoms with van der Waals surface area (Å²) < 4.78 is 25.0. The number of sulfone groups is 1. The van der Waals surface area contributed by atoms with Crippen molar-refractivity contribution in [1.82, 2.24) is 19.7 Å². The van der Waals surface area contributed by atoms with Crippen LogP contribution in [0.15, 0.2) is 24.8 Å². The Bertz CT molecular complexity index is 785. The lowest BCUT2D eigenvalue weighted by molar-refractivity contribution is 0.112. The van der Waals surface area contributed by atoms with Gasteiger partial charge in [-0.15, -0.1) is 0 Å². The second-order valence-corrected chi connectivity index (χ2v) is 7.61. The van der Waals surface area contributed by atoms with E-state index in [0.717, 1.165) is 0 Å². The Balaban J connectivity index is 2.07. The molecule has 0 amide bonds. The fourth-order valence-corrected chi connectivity index (χ4v) is 4.66. The van der Waals surface area contributed by atoms with Gasteiger partial charge in [0.15, 0.2) is 16.1 Å². The van der Waals surface area contributed by atoms with Crippen molar-refractivity contribution in [3.05, 3.63) is 30.4 Å². The molecule has 0 spiro atoms. The second kappa shape index (κ2) is 4.73. The van der Waals surface area contributed by atoms with E-state index in [0.29, 0.717) is 29.7 Å². The topological polar surface area (TPSA) is 94.8 Å². The van der Waals surface area contributed by atoms with Gasteiger partial charge in [0.05, 0.1) is 28.8 Å². The molecule has 0 N–H and O–H groups in total. The van der Waals surface area contributed by atoms with Crippen LogP contribution in [0.3, 0.4) is 0 Å². The molecule has 1 aliphatic rings. The zero-order valence-corrected chi connectivity index (χ0v) is 12.2. The van der Waals surface area contributed by atoms with E-state index in [1.165, 1.54) is 18.6 Å². The van der Waals surface area contributed by atoms with Crippen LogP contribution in [-0.4, -0.2) is 46.0 Å². The van der Waals surface area contributed by atoms with Gasteiger partial charge >= 0.3 is 0 Å². The summed E-state index contributed by atoms with van der Waals surface area (Å²) in [4.78, 5) is 19.3. The average molecular weight is 306 g/mol. The molecule has 0 radical (unpaired) electrons. The summed E-state index contributed by atoms with van der Waals surface area (Å²) in [5.74, 6) is 0.167. The summed E-state index contributed by atoms with van der Waals surface area (Å²) in [7, 11) is -3.05. The van der Waals surface area contributed by atoms with E-state index in [9.17, 15) is 13.2 Å². The molecular formula is C13H14N4O3S. The summed E-state index contributed by atoms with van der Waals surface area (Å²) in [5.41, 5.74) is 0.657. The summed E-state index contributed by atoms with van der Waals surface area (Å²) in [6, 6.07) is 0. The molecule has 0 aromatic carbocycles. The number of hydrogen-bond acceptors (Lipinski definition) is 6. The summed E-state index contributed by atoms with van der Waals surface area (Å²) >= 11 is 0. The minimum atomic E-state index is -3.05. The van der Waals surface area contributed by atoms with Crippen molar-refractivity contribution >= 4 is 16.1 Å². The number of carbonyl (C=O) groups is 1. The molecule has 3 rings (SSSR count). The summed E-state index contributed by atoms with van der Waals surface area (Å²) in [6.07, 6.45) is 7.33. The summed E-state index contributed by atoms with van der Waals surface area (Å²) in [6.45, 7) is 1.83. The van der Waals surface area contributed by atoms with Crippen LogP contribution in [0.5, 0.6) is 0 Å². The highest BCUT2D eigenvalue weighted by Gasteiger charge is 2.41. The first kappa shape index (κ1) is 13.9. The molecule has 0 aliphatic carbocycles. The Morgan fingerprint density at radius 1 is 1.38 bits per heavy atom. The lowest BCUT2D eigenvalue weighted by Gasteiger charge is -2.22. The molecule has 8 heteroatoms. The zero-order chi connectivity index (χ0) is 15.1. The van der Waals surface area contributed by atoms with Gasteiger partial charge in [-0.25, -0.2) is 8.42 Å². The van der Waals surface area contributed by atoms with Crippen LogP contribution < -0.4 is 0 Å². The maximum absolute atomic E-state index is 11.7. The fourth-order valence-electron chi connectivity index (χ4n) is 2.54. The van der Waals surface area contributed by atoms with Crippen LogP contribution in [0.2, 0.25) is 0 Å². The molecule has 3 heterocycles. The maximum Gasteiger partial charge on any atom is 0.153 e. The van der Waals surface area contributed by atoms with Crippen LogP contribution in [-0.2, 0) is 15.4 Å². The molecule has 1 atom stereocenters. The largest absolute Gasteiger partial charge is 0.298 e. The van der Waals surface area contributed by atoms with E-state index >= 15 is 0 Å². The van der Waals surface area contributed by atoms with E-state index in [1.54, 1.807) is 10.9 Å². The van der Waals surface area contributed by atoms with Crippen LogP contribution in [0.1, 0.15) is 23.7 Å². The van der Waals surface area contributed by atoms with Crippen LogP contribution in [0.4, 0.5) is 0 Å². The Hall–Kier alpha value is -2.09. The van der Waals surface area contributed by atoms with Crippen molar-refractivity contribution < 1.29 is 13.2 Å². The van der Waals surface area contributed by atoms with Gasteiger partial charge in [0.1, 0.15) is 11.4 Å². The summed E-state index contributed by atoms with van der Waals surface area (Å²) in [5, 5.41) is 4.39. The fraction of sp³-hybridized carbons (Fsp3) is 0.385. The quantitative estimate of drug-likeness (QED) is 0.774. The highest BCUT2D eigenvalue weighted by Crippen LogP contribution is 2.31. The Kier molecular flexibility index (Phi) is 3.12. The van der Waals surface area contributed by atoms with Crippen molar-refractivity contribution in [2.75, 3.05) is 11.5 Å². The number of aromatic nitrogens is 4. The van der Waals surface area contributed by atoms with Gasteiger partial charge in [-0.1, -0.05) is 0 Å². The Morgan fingerprint density at radius 2 is 2.19 bits per heavy atom. The first-order valence-electron chi connectivity index (χ1n) is 6.46. The minimum Gasteiger partial charge on any atom is -0.298 e. The Labute approximate surface area is 122 Å². The van der Waals surface area contributed by atoms with Gasteiger partial charge in [-0.05, 0) is 13.3 Å². The lowest BCUT2D eigenvalue weighted by Crippen LogP contribution is -2.31. The van der Waals surface area contributed by atoms with Crippen LogP contribution in [0.25, 0.3) is 11.4 Å². The third-order valence-corrected chi connectivity index (χ3v) is 5.60. The molecule has 7 nitrogen and oxygen atoms in total. The van der Waals surface area contributed by atoms with Crippen molar-refractivity contribution in [2.45, 2.75) is 18.9 Å². The highest BCUT2D eigenvalue weighted by atomic mass is 32.2. The van der Waals surface area contributed by atoms with E-state index < -0.39 is 15.4 Å². The van der Waals surface area contributed by atoms with E-state index in [2.05, 4.69) is 15.1 Å². The van der Waals surface area contributed by atoms with Crippen molar-refractivity contribution in [2.24, 2.45) is 0 Å². The Morgan fingerprint density at radius 3 is 2.76 bits per heavy atom.